The van der Waals surface area contributed by atoms with Crippen LogP contribution in [-0.2, 0) is 6.42 Å². The van der Waals surface area contributed by atoms with Gasteiger partial charge in [0.1, 0.15) is 0 Å². The van der Waals surface area contributed by atoms with Crippen LogP contribution in [0.4, 0.5) is 0 Å². The molecule has 0 bridgehead atoms. The van der Waals surface area contributed by atoms with Crippen LogP contribution in [0.3, 0.4) is 0 Å². The van der Waals surface area contributed by atoms with Crippen molar-refractivity contribution in [3.05, 3.63) is 76.1 Å². The SMILES string of the molecule is CCCc1c(-c2ccccc2)[nH]n(-c2ccc(C)cc2)c1=O. The molecule has 112 valence electrons. The first-order chi connectivity index (χ1) is 10.7. The number of nitrogens with one attached hydrogen (secondary N) is 1. The van der Waals surface area contributed by atoms with E-state index in [0.717, 1.165) is 35.3 Å². The second-order valence-corrected chi connectivity index (χ2v) is 5.56. The normalized spacial score (nSPS) is 10.8. The molecule has 1 heterocycles. The number of hydrogen-bond donors (Lipinski definition) is 1. The number of benzene rings is 2. The summed E-state index contributed by atoms with van der Waals surface area (Å²) >= 11 is 0. The molecule has 0 aliphatic rings. The van der Waals surface area contributed by atoms with Gasteiger partial charge in [-0.25, -0.2) is 4.68 Å². The summed E-state index contributed by atoms with van der Waals surface area (Å²) in [5.41, 5.74) is 4.93. The highest BCUT2D eigenvalue weighted by Gasteiger charge is 2.15. The van der Waals surface area contributed by atoms with Gasteiger partial charge in [0.05, 0.1) is 11.4 Å². The predicted molar refractivity (Wildman–Crippen MR) is 90.6 cm³/mol. The van der Waals surface area contributed by atoms with Gasteiger partial charge < -0.3 is 0 Å². The standard InChI is InChI=1S/C19H20N2O/c1-3-7-17-18(15-8-5-4-6-9-15)20-21(19(17)22)16-12-10-14(2)11-13-16/h4-6,8-13,20H,3,7H2,1-2H3. The van der Waals surface area contributed by atoms with Crippen LogP contribution in [0.5, 0.6) is 0 Å². The van der Waals surface area contributed by atoms with Gasteiger partial charge in [0.25, 0.3) is 5.56 Å². The summed E-state index contributed by atoms with van der Waals surface area (Å²) < 4.78 is 1.65. The molecular formula is C19H20N2O. The van der Waals surface area contributed by atoms with Crippen molar-refractivity contribution in [2.75, 3.05) is 0 Å². The Hall–Kier alpha value is -2.55. The number of hydrogen-bond acceptors (Lipinski definition) is 1. The van der Waals surface area contributed by atoms with E-state index in [0.29, 0.717) is 0 Å². The van der Waals surface area contributed by atoms with Crippen LogP contribution in [0.15, 0.2) is 59.4 Å². The summed E-state index contributed by atoms with van der Waals surface area (Å²) in [7, 11) is 0. The Morgan fingerprint density at radius 2 is 1.68 bits per heavy atom. The number of aromatic amines is 1. The summed E-state index contributed by atoms with van der Waals surface area (Å²) in [6, 6.07) is 18.0. The second-order valence-electron chi connectivity index (χ2n) is 5.56. The average molecular weight is 292 g/mol. The molecule has 0 aliphatic carbocycles. The minimum Gasteiger partial charge on any atom is -0.290 e. The zero-order valence-electron chi connectivity index (χ0n) is 13.0. The Morgan fingerprint density at radius 3 is 2.32 bits per heavy atom. The van der Waals surface area contributed by atoms with Crippen LogP contribution in [0.25, 0.3) is 16.9 Å². The average Bonchev–Trinajstić information content (AvgIpc) is 2.87. The minimum absolute atomic E-state index is 0.0459. The smallest absolute Gasteiger partial charge is 0.275 e. The molecular weight excluding hydrogens is 272 g/mol. The molecule has 2 aromatic carbocycles. The largest absolute Gasteiger partial charge is 0.290 e. The minimum atomic E-state index is 0.0459. The van der Waals surface area contributed by atoms with E-state index in [9.17, 15) is 4.79 Å². The molecule has 0 radical (unpaired) electrons. The first-order valence-corrected chi connectivity index (χ1v) is 7.67. The molecule has 1 N–H and O–H groups in total. The summed E-state index contributed by atoms with van der Waals surface area (Å²) in [5, 5.41) is 3.29. The lowest BCUT2D eigenvalue weighted by Crippen LogP contribution is -2.17. The van der Waals surface area contributed by atoms with E-state index >= 15 is 0 Å². The van der Waals surface area contributed by atoms with Gasteiger partial charge in [0.15, 0.2) is 0 Å². The van der Waals surface area contributed by atoms with Gasteiger partial charge in [-0.15, -0.1) is 0 Å². The Morgan fingerprint density at radius 1 is 1.00 bits per heavy atom. The fraction of sp³-hybridized carbons (Fsp3) is 0.211. The van der Waals surface area contributed by atoms with E-state index in [1.54, 1.807) is 4.68 Å². The highest BCUT2D eigenvalue weighted by Crippen LogP contribution is 2.21. The van der Waals surface area contributed by atoms with Crippen molar-refractivity contribution in [3.63, 3.8) is 0 Å². The first kappa shape index (κ1) is 14.4. The lowest BCUT2D eigenvalue weighted by Gasteiger charge is -2.03. The molecule has 0 atom stereocenters. The van der Waals surface area contributed by atoms with Crippen LogP contribution < -0.4 is 5.56 Å². The molecule has 0 aliphatic heterocycles. The van der Waals surface area contributed by atoms with Crippen LogP contribution in [0, 0.1) is 6.92 Å². The topological polar surface area (TPSA) is 37.8 Å². The molecule has 0 unspecified atom stereocenters. The van der Waals surface area contributed by atoms with Crippen molar-refractivity contribution < 1.29 is 0 Å². The fourth-order valence-electron chi connectivity index (χ4n) is 2.67. The molecule has 0 saturated heterocycles. The number of H-pyrrole nitrogens is 1. The van der Waals surface area contributed by atoms with Gasteiger partial charge in [-0.2, -0.15) is 0 Å². The van der Waals surface area contributed by atoms with Crippen LogP contribution in [0.2, 0.25) is 0 Å². The van der Waals surface area contributed by atoms with Crippen molar-refractivity contribution in [2.24, 2.45) is 0 Å². The van der Waals surface area contributed by atoms with Crippen molar-refractivity contribution in [1.29, 1.82) is 0 Å². The maximum absolute atomic E-state index is 12.8. The van der Waals surface area contributed by atoms with Gasteiger partial charge in [-0.3, -0.25) is 9.89 Å². The Bertz CT molecular complexity index is 811. The molecule has 0 fully saturated rings. The number of rotatable bonds is 4. The number of aromatic nitrogens is 2. The van der Waals surface area contributed by atoms with E-state index in [1.807, 2.05) is 61.5 Å². The van der Waals surface area contributed by atoms with Crippen LogP contribution >= 0.6 is 0 Å². The van der Waals surface area contributed by atoms with Crippen molar-refractivity contribution in [1.82, 2.24) is 9.78 Å². The molecule has 3 nitrogen and oxygen atoms in total. The van der Waals surface area contributed by atoms with Crippen molar-refractivity contribution in [3.8, 4) is 16.9 Å². The van der Waals surface area contributed by atoms with Crippen LogP contribution in [0.1, 0.15) is 24.5 Å². The predicted octanol–water partition coefficient (Wildman–Crippen LogP) is 4.09. The molecule has 0 spiro atoms. The molecule has 3 rings (SSSR count). The van der Waals surface area contributed by atoms with Gasteiger partial charge >= 0.3 is 0 Å². The molecule has 3 aromatic rings. The zero-order valence-corrected chi connectivity index (χ0v) is 13.0. The van der Waals surface area contributed by atoms with Crippen molar-refractivity contribution >= 4 is 0 Å². The maximum atomic E-state index is 12.8. The molecule has 1 aromatic heterocycles. The first-order valence-electron chi connectivity index (χ1n) is 7.67. The molecule has 3 heteroatoms. The second kappa shape index (κ2) is 6.06. The fourth-order valence-corrected chi connectivity index (χ4v) is 2.67. The Balaban J connectivity index is 2.17. The Kier molecular flexibility index (Phi) is 3.96. The van der Waals surface area contributed by atoms with E-state index in [2.05, 4.69) is 12.0 Å². The van der Waals surface area contributed by atoms with E-state index in [4.69, 9.17) is 0 Å². The third-order valence-corrected chi connectivity index (χ3v) is 3.84. The lowest BCUT2D eigenvalue weighted by atomic mass is 10.1. The van der Waals surface area contributed by atoms with E-state index < -0.39 is 0 Å². The van der Waals surface area contributed by atoms with Crippen LogP contribution in [-0.4, -0.2) is 9.78 Å². The summed E-state index contributed by atoms with van der Waals surface area (Å²) in [4.78, 5) is 12.8. The highest BCUT2D eigenvalue weighted by atomic mass is 16.1. The van der Waals surface area contributed by atoms with E-state index in [1.165, 1.54) is 5.56 Å². The van der Waals surface area contributed by atoms with Gasteiger partial charge in [0, 0.05) is 5.56 Å². The Labute approximate surface area is 130 Å². The van der Waals surface area contributed by atoms with Gasteiger partial charge in [-0.05, 0) is 31.0 Å². The summed E-state index contributed by atoms with van der Waals surface area (Å²) in [6.45, 7) is 4.14. The lowest BCUT2D eigenvalue weighted by molar-refractivity contribution is 0.842. The maximum Gasteiger partial charge on any atom is 0.275 e. The number of nitrogens with zero attached hydrogens (tertiary/aromatic N) is 1. The molecule has 0 amide bonds. The van der Waals surface area contributed by atoms with E-state index in [-0.39, 0.29) is 5.56 Å². The monoisotopic (exact) mass is 292 g/mol. The summed E-state index contributed by atoms with van der Waals surface area (Å²) in [5.74, 6) is 0. The van der Waals surface area contributed by atoms with Gasteiger partial charge in [0.2, 0.25) is 0 Å². The highest BCUT2D eigenvalue weighted by molar-refractivity contribution is 5.63. The summed E-state index contributed by atoms with van der Waals surface area (Å²) in [6.07, 6.45) is 1.72. The van der Waals surface area contributed by atoms with Crippen molar-refractivity contribution in [2.45, 2.75) is 26.7 Å². The third-order valence-electron chi connectivity index (χ3n) is 3.84. The third kappa shape index (κ3) is 2.62. The zero-order chi connectivity index (χ0) is 15.5. The number of aryl methyl sites for hydroxylation is 1. The molecule has 0 saturated carbocycles. The molecule has 22 heavy (non-hydrogen) atoms. The van der Waals surface area contributed by atoms with Gasteiger partial charge in [-0.1, -0.05) is 61.4 Å². The quantitative estimate of drug-likeness (QED) is 0.772.